The summed E-state index contributed by atoms with van der Waals surface area (Å²) < 4.78 is 0. The number of aromatic nitrogens is 1. The third-order valence-corrected chi connectivity index (χ3v) is 2.59. The Morgan fingerprint density at radius 1 is 1.00 bits per heavy atom. The van der Waals surface area contributed by atoms with Crippen LogP contribution in [0.25, 0.3) is 11.1 Å². The molecule has 0 aliphatic heterocycles. The number of nitrogens with zero attached hydrogens (tertiary/aromatic N) is 1. The van der Waals surface area contributed by atoms with Gasteiger partial charge in [0.15, 0.2) is 0 Å². The Morgan fingerprint density at radius 3 is 2.43 bits per heavy atom. The van der Waals surface area contributed by atoms with Crippen molar-refractivity contribution < 1.29 is 0 Å². The van der Waals surface area contributed by atoms with Crippen LogP contribution in [-0.4, -0.2) is 4.98 Å². The van der Waals surface area contributed by atoms with Gasteiger partial charge >= 0.3 is 0 Å². The minimum absolute atomic E-state index is 0.989. The Morgan fingerprint density at radius 2 is 1.71 bits per heavy atom. The Balaban J connectivity index is 2.61. The summed E-state index contributed by atoms with van der Waals surface area (Å²) >= 11 is 4.43. The van der Waals surface area contributed by atoms with Gasteiger partial charge in [-0.15, -0.1) is 12.6 Å². The normalized spacial score (nSPS) is 10.1. The van der Waals surface area contributed by atoms with Crippen LogP contribution in [0.15, 0.2) is 47.5 Å². The van der Waals surface area contributed by atoms with E-state index in [1.807, 2.05) is 31.2 Å². The van der Waals surface area contributed by atoms with E-state index < -0.39 is 0 Å². The van der Waals surface area contributed by atoms with Gasteiger partial charge in [-0.05, 0) is 24.6 Å². The van der Waals surface area contributed by atoms with Crippen molar-refractivity contribution in [2.45, 2.75) is 11.8 Å². The summed E-state index contributed by atoms with van der Waals surface area (Å²) in [6, 6.07) is 12.1. The molecule has 0 bridgehead atoms. The van der Waals surface area contributed by atoms with Crippen LogP contribution in [0.5, 0.6) is 0 Å². The highest BCUT2D eigenvalue weighted by Crippen LogP contribution is 2.27. The molecule has 0 saturated carbocycles. The van der Waals surface area contributed by atoms with E-state index in [-0.39, 0.29) is 0 Å². The van der Waals surface area contributed by atoms with E-state index in [0.29, 0.717) is 0 Å². The molecule has 0 saturated heterocycles. The molecule has 0 radical (unpaired) electrons. The van der Waals surface area contributed by atoms with Crippen LogP contribution in [0.2, 0.25) is 0 Å². The topological polar surface area (TPSA) is 12.9 Å². The van der Waals surface area contributed by atoms with Crippen LogP contribution in [-0.2, 0) is 0 Å². The first-order valence-corrected chi connectivity index (χ1v) is 4.94. The smallest absolute Gasteiger partial charge is 0.0451 e. The maximum Gasteiger partial charge on any atom is 0.0451 e. The first-order chi connectivity index (χ1) is 6.79. The molecule has 0 aliphatic rings. The summed E-state index contributed by atoms with van der Waals surface area (Å²) in [5, 5.41) is 0. The molecule has 0 unspecified atom stereocenters. The van der Waals surface area contributed by atoms with E-state index >= 15 is 0 Å². The van der Waals surface area contributed by atoms with Crippen molar-refractivity contribution in [1.29, 1.82) is 0 Å². The molecule has 1 aromatic heterocycles. The molecule has 1 heterocycles. The summed E-state index contributed by atoms with van der Waals surface area (Å²) in [7, 11) is 0. The van der Waals surface area contributed by atoms with Crippen molar-refractivity contribution in [3.63, 3.8) is 0 Å². The number of hydrogen-bond donors (Lipinski definition) is 1. The van der Waals surface area contributed by atoms with Gasteiger partial charge in [-0.1, -0.05) is 24.3 Å². The molecular weight excluding hydrogens is 190 g/mol. The van der Waals surface area contributed by atoms with Crippen LogP contribution < -0.4 is 0 Å². The average Bonchev–Trinajstić information content (AvgIpc) is 2.20. The molecule has 0 N–H and O–H groups in total. The summed E-state index contributed by atoms with van der Waals surface area (Å²) in [4.78, 5) is 5.25. The van der Waals surface area contributed by atoms with E-state index in [2.05, 4.69) is 29.7 Å². The molecule has 70 valence electrons. The molecule has 0 aliphatic carbocycles. The van der Waals surface area contributed by atoms with Gasteiger partial charge in [-0.2, -0.15) is 0 Å². The zero-order valence-corrected chi connectivity index (χ0v) is 8.83. The van der Waals surface area contributed by atoms with Gasteiger partial charge in [0.05, 0.1) is 0 Å². The summed E-state index contributed by atoms with van der Waals surface area (Å²) in [6.07, 6.45) is 1.81. The molecule has 1 nitrogen and oxygen atoms in total. The predicted octanol–water partition coefficient (Wildman–Crippen LogP) is 3.35. The largest absolute Gasteiger partial charge is 0.261 e. The molecule has 0 fully saturated rings. The quantitative estimate of drug-likeness (QED) is 0.698. The van der Waals surface area contributed by atoms with Crippen molar-refractivity contribution in [2.24, 2.45) is 0 Å². The lowest BCUT2D eigenvalue weighted by molar-refractivity contribution is 1.20. The second kappa shape index (κ2) is 3.84. The van der Waals surface area contributed by atoms with Crippen molar-refractivity contribution in [3.05, 3.63) is 48.3 Å². The summed E-state index contributed by atoms with van der Waals surface area (Å²) in [5.41, 5.74) is 3.33. The van der Waals surface area contributed by atoms with Gasteiger partial charge < -0.3 is 0 Å². The Kier molecular flexibility index (Phi) is 2.55. The van der Waals surface area contributed by atoms with Crippen LogP contribution in [0, 0.1) is 6.92 Å². The molecule has 2 heteroatoms. The summed E-state index contributed by atoms with van der Waals surface area (Å²) in [6.45, 7) is 2.01. The fourth-order valence-electron chi connectivity index (χ4n) is 1.47. The lowest BCUT2D eigenvalue weighted by Gasteiger charge is -2.06. The SMILES string of the molecule is Cc1ncccc1-c1ccccc1S. The molecular formula is C12H11NS. The maximum absolute atomic E-state index is 4.43. The van der Waals surface area contributed by atoms with E-state index in [1.165, 1.54) is 0 Å². The Labute approximate surface area is 89.2 Å². The number of hydrogen-bond acceptors (Lipinski definition) is 2. The number of benzene rings is 1. The van der Waals surface area contributed by atoms with Gasteiger partial charge in [0.2, 0.25) is 0 Å². The number of rotatable bonds is 1. The van der Waals surface area contributed by atoms with Gasteiger partial charge in [0.25, 0.3) is 0 Å². The molecule has 2 rings (SSSR count). The van der Waals surface area contributed by atoms with Gasteiger partial charge in [0.1, 0.15) is 0 Å². The van der Waals surface area contributed by atoms with E-state index in [0.717, 1.165) is 21.7 Å². The summed E-state index contributed by atoms with van der Waals surface area (Å²) in [5.74, 6) is 0. The van der Waals surface area contributed by atoms with Crippen molar-refractivity contribution >= 4 is 12.6 Å². The lowest BCUT2D eigenvalue weighted by atomic mass is 10.0. The molecule has 2 aromatic rings. The molecule has 0 spiro atoms. The van der Waals surface area contributed by atoms with Gasteiger partial charge in [-0.25, -0.2) is 0 Å². The molecule has 0 amide bonds. The second-order valence-corrected chi connectivity index (χ2v) is 3.64. The van der Waals surface area contributed by atoms with E-state index in [9.17, 15) is 0 Å². The first-order valence-electron chi connectivity index (χ1n) is 4.49. The van der Waals surface area contributed by atoms with Crippen molar-refractivity contribution in [1.82, 2.24) is 4.98 Å². The number of thiol groups is 1. The highest BCUT2D eigenvalue weighted by atomic mass is 32.1. The van der Waals surface area contributed by atoms with Gasteiger partial charge in [0, 0.05) is 22.3 Å². The molecule has 1 aromatic carbocycles. The predicted molar refractivity (Wildman–Crippen MR) is 61.7 cm³/mol. The van der Waals surface area contributed by atoms with Crippen LogP contribution >= 0.6 is 12.6 Å². The Hall–Kier alpha value is -1.28. The minimum atomic E-state index is 0.989. The third-order valence-electron chi connectivity index (χ3n) is 2.20. The van der Waals surface area contributed by atoms with E-state index in [4.69, 9.17) is 0 Å². The van der Waals surface area contributed by atoms with Crippen LogP contribution in [0.4, 0.5) is 0 Å². The molecule has 14 heavy (non-hydrogen) atoms. The third kappa shape index (κ3) is 1.66. The number of pyridine rings is 1. The van der Waals surface area contributed by atoms with Crippen LogP contribution in [0.1, 0.15) is 5.69 Å². The van der Waals surface area contributed by atoms with Crippen LogP contribution in [0.3, 0.4) is 0 Å². The first kappa shape index (κ1) is 9.28. The monoisotopic (exact) mass is 201 g/mol. The fourth-order valence-corrected chi connectivity index (χ4v) is 1.75. The fraction of sp³-hybridized carbons (Fsp3) is 0.0833. The Bertz CT molecular complexity index is 408. The van der Waals surface area contributed by atoms with Gasteiger partial charge in [-0.3, -0.25) is 4.98 Å². The van der Waals surface area contributed by atoms with E-state index in [1.54, 1.807) is 6.20 Å². The second-order valence-electron chi connectivity index (χ2n) is 3.15. The lowest BCUT2D eigenvalue weighted by Crippen LogP contribution is -1.87. The van der Waals surface area contributed by atoms with Crippen molar-refractivity contribution in [2.75, 3.05) is 0 Å². The highest BCUT2D eigenvalue weighted by Gasteiger charge is 2.03. The standard InChI is InChI=1S/C12H11NS/c1-9-10(6-4-8-13-9)11-5-2-3-7-12(11)14/h2-8,14H,1H3. The maximum atomic E-state index is 4.43. The zero-order valence-electron chi connectivity index (χ0n) is 7.94. The number of aryl methyl sites for hydroxylation is 1. The molecule has 0 atom stereocenters. The van der Waals surface area contributed by atoms with Crippen molar-refractivity contribution in [3.8, 4) is 11.1 Å². The average molecular weight is 201 g/mol. The zero-order chi connectivity index (χ0) is 9.97. The highest BCUT2D eigenvalue weighted by molar-refractivity contribution is 7.80. The minimum Gasteiger partial charge on any atom is -0.261 e.